The quantitative estimate of drug-likeness (QED) is 0.669. The Bertz CT molecular complexity index is 659. The van der Waals surface area contributed by atoms with Gasteiger partial charge in [0.15, 0.2) is 0 Å². The zero-order valence-electron chi connectivity index (χ0n) is 14.1. The summed E-state index contributed by atoms with van der Waals surface area (Å²) in [5, 5.41) is 15.1. The van der Waals surface area contributed by atoms with Gasteiger partial charge in [-0.15, -0.1) is 11.8 Å². The Labute approximate surface area is 147 Å². The molecule has 2 amide bonds. The molecule has 0 aliphatic carbocycles. The van der Waals surface area contributed by atoms with Crippen molar-refractivity contribution in [1.29, 1.82) is 0 Å². The van der Waals surface area contributed by atoms with E-state index >= 15 is 0 Å². The normalized spacial score (nSPS) is 11.8. The van der Waals surface area contributed by atoms with Crippen molar-refractivity contribution in [3.8, 4) is 0 Å². The van der Waals surface area contributed by atoms with Crippen LogP contribution >= 0.6 is 11.8 Å². The van der Waals surface area contributed by atoms with Crippen molar-refractivity contribution in [2.75, 3.05) is 5.75 Å². The van der Waals surface area contributed by atoms with Gasteiger partial charge >= 0.3 is 6.03 Å². The van der Waals surface area contributed by atoms with E-state index in [2.05, 4.69) is 29.7 Å². The third-order valence-corrected chi connectivity index (χ3v) is 4.66. The number of nitrogens with one attached hydrogen (secondary N) is 2. The lowest BCUT2D eigenvalue weighted by Gasteiger charge is -2.16. The van der Waals surface area contributed by atoms with E-state index in [1.165, 1.54) is 4.90 Å². The number of rotatable bonds is 7. The number of carbonyl (C=O) groups excluding carboxylic acids is 1. The number of aliphatic hydroxyl groups is 1. The van der Waals surface area contributed by atoms with E-state index in [9.17, 15) is 9.90 Å². The van der Waals surface area contributed by atoms with E-state index in [0.29, 0.717) is 6.54 Å². The highest BCUT2D eigenvalue weighted by molar-refractivity contribution is 7.99. The molecule has 0 aliphatic heterocycles. The number of hydrogen-bond acceptors (Lipinski definition) is 3. The second-order valence-electron chi connectivity index (χ2n) is 5.48. The fraction of sp³-hybridized carbons (Fsp3) is 0.316. The smallest absolute Gasteiger partial charge is 0.315 e. The molecule has 0 heterocycles. The molecule has 0 aromatic heterocycles. The van der Waals surface area contributed by atoms with Gasteiger partial charge in [-0.05, 0) is 41.5 Å². The van der Waals surface area contributed by atoms with Crippen LogP contribution in [0.3, 0.4) is 0 Å². The van der Waals surface area contributed by atoms with Gasteiger partial charge in [-0.2, -0.15) is 0 Å². The summed E-state index contributed by atoms with van der Waals surface area (Å²) in [5.74, 6) is 1.05. The van der Waals surface area contributed by atoms with Gasteiger partial charge in [0, 0.05) is 11.4 Å². The Hall–Kier alpha value is -1.98. The minimum atomic E-state index is -0.220. The molecular formula is C19H24N2O2S. The molecule has 0 radical (unpaired) electrons. The molecular weight excluding hydrogens is 320 g/mol. The molecule has 0 fully saturated rings. The Kier molecular flexibility index (Phi) is 7.15. The van der Waals surface area contributed by atoms with Crippen molar-refractivity contribution < 1.29 is 9.90 Å². The van der Waals surface area contributed by atoms with Gasteiger partial charge in [-0.3, -0.25) is 0 Å². The summed E-state index contributed by atoms with van der Waals surface area (Å²) in [4.78, 5) is 13.3. The second kappa shape index (κ2) is 9.35. The van der Waals surface area contributed by atoms with E-state index in [-0.39, 0.29) is 18.7 Å². The Balaban J connectivity index is 1.87. The van der Waals surface area contributed by atoms with Crippen molar-refractivity contribution in [3.63, 3.8) is 0 Å². The highest BCUT2D eigenvalue weighted by atomic mass is 32.2. The molecule has 2 aromatic carbocycles. The molecule has 0 saturated heterocycles. The number of aliphatic hydroxyl groups excluding tert-OH is 1. The number of carbonyl (C=O) groups is 1. The monoisotopic (exact) mass is 344 g/mol. The number of thioether (sulfide) groups is 1. The van der Waals surface area contributed by atoms with Crippen LogP contribution in [0, 0.1) is 0 Å². The summed E-state index contributed by atoms with van der Waals surface area (Å²) in [6.45, 7) is 4.45. The summed E-state index contributed by atoms with van der Waals surface area (Å²) < 4.78 is 0. The Morgan fingerprint density at radius 2 is 1.79 bits per heavy atom. The first-order chi connectivity index (χ1) is 11.6. The van der Waals surface area contributed by atoms with Crippen LogP contribution in [-0.2, 0) is 13.2 Å². The number of benzene rings is 2. The predicted molar refractivity (Wildman–Crippen MR) is 99.0 cm³/mol. The molecule has 1 atom stereocenters. The third kappa shape index (κ3) is 5.28. The van der Waals surface area contributed by atoms with Gasteiger partial charge in [-0.1, -0.05) is 43.3 Å². The van der Waals surface area contributed by atoms with Crippen LogP contribution in [0.1, 0.15) is 36.6 Å². The first-order valence-corrected chi connectivity index (χ1v) is 9.07. The van der Waals surface area contributed by atoms with Gasteiger partial charge in [0.05, 0.1) is 12.6 Å². The second-order valence-corrected chi connectivity index (χ2v) is 6.82. The standard InChI is InChI=1S/C19H24N2O2S/c1-3-24-18-10-8-15(9-11-18)14(2)21-19(23)20-12-16-6-4-5-7-17(16)13-22/h4-11,14,22H,3,12-13H2,1-2H3,(H2,20,21,23). The molecule has 3 N–H and O–H groups in total. The lowest BCUT2D eigenvalue weighted by molar-refractivity contribution is 0.237. The fourth-order valence-corrected chi connectivity index (χ4v) is 3.07. The van der Waals surface area contributed by atoms with E-state index < -0.39 is 0 Å². The number of urea groups is 1. The third-order valence-electron chi connectivity index (χ3n) is 3.77. The van der Waals surface area contributed by atoms with Crippen molar-refractivity contribution in [3.05, 3.63) is 65.2 Å². The number of amides is 2. The lowest BCUT2D eigenvalue weighted by Crippen LogP contribution is -2.36. The molecule has 0 spiro atoms. The van der Waals surface area contributed by atoms with Crippen molar-refractivity contribution in [2.45, 2.75) is 37.9 Å². The summed E-state index contributed by atoms with van der Waals surface area (Å²) in [7, 11) is 0. The van der Waals surface area contributed by atoms with E-state index in [1.54, 1.807) is 11.8 Å². The average Bonchev–Trinajstić information content (AvgIpc) is 2.61. The summed E-state index contributed by atoms with van der Waals surface area (Å²) in [5.41, 5.74) is 2.82. The van der Waals surface area contributed by atoms with Crippen LogP contribution in [0.25, 0.3) is 0 Å². The molecule has 0 saturated carbocycles. The predicted octanol–water partition coefficient (Wildman–Crippen LogP) is 3.85. The first kappa shape index (κ1) is 18.4. The number of hydrogen-bond donors (Lipinski definition) is 3. The van der Waals surface area contributed by atoms with Crippen molar-refractivity contribution in [2.24, 2.45) is 0 Å². The maximum atomic E-state index is 12.1. The van der Waals surface area contributed by atoms with E-state index in [0.717, 1.165) is 22.4 Å². The summed E-state index contributed by atoms with van der Waals surface area (Å²) in [6, 6.07) is 15.5. The first-order valence-electron chi connectivity index (χ1n) is 8.08. The van der Waals surface area contributed by atoms with Crippen LogP contribution in [0.2, 0.25) is 0 Å². The van der Waals surface area contributed by atoms with Gasteiger partial charge in [0.1, 0.15) is 0 Å². The molecule has 1 unspecified atom stereocenters. The van der Waals surface area contributed by atoms with Crippen molar-refractivity contribution in [1.82, 2.24) is 10.6 Å². The lowest BCUT2D eigenvalue weighted by atomic mass is 10.1. The minimum Gasteiger partial charge on any atom is -0.392 e. The molecule has 2 aromatic rings. The van der Waals surface area contributed by atoms with E-state index in [1.807, 2.05) is 43.3 Å². The molecule has 4 nitrogen and oxygen atoms in total. The highest BCUT2D eigenvalue weighted by Crippen LogP contribution is 2.20. The van der Waals surface area contributed by atoms with Crippen LogP contribution in [-0.4, -0.2) is 16.9 Å². The average molecular weight is 344 g/mol. The van der Waals surface area contributed by atoms with Gasteiger partial charge in [0.2, 0.25) is 0 Å². The zero-order valence-corrected chi connectivity index (χ0v) is 14.9. The minimum absolute atomic E-state index is 0.0298. The van der Waals surface area contributed by atoms with Crippen LogP contribution < -0.4 is 10.6 Å². The molecule has 128 valence electrons. The molecule has 24 heavy (non-hydrogen) atoms. The van der Waals surface area contributed by atoms with Gasteiger partial charge in [0.25, 0.3) is 0 Å². The van der Waals surface area contributed by atoms with Crippen LogP contribution in [0.5, 0.6) is 0 Å². The van der Waals surface area contributed by atoms with Gasteiger partial charge < -0.3 is 15.7 Å². The molecule has 2 rings (SSSR count). The Morgan fingerprint density at radius 3 is 2.42 bits per heavy atom. The fourth-order valence-electron chi connectivity index (χ4n) is 2.41. The zero-order chi connectivity index (χ0) is 17.4. The molecule has 0 aliphatic rings. The van der Waals surface area contributed by atoms with Crippen LogP contribution in [0.4, 0.5) is 4.79 Å². The summed E-state index contributed by atoms with van der Waals surface area (Å²) >= 11 is 1.80. The van der Waals surface area contributed by atoms with Gasteiger partial charge in [-0.25, -0.2) is 4.79 Å². The SMILES string of the molecule is CCSc1ccc(C(C)NC(=O)NCc2ccccc2CO)cc1. The Morgan fingerprint density at radius 1 is 1.12 bits per heavy atom. The maximum Gasteiger partial charge on any atom is 0.315 e. The molecule has 0 bridgehead atoms. The van der Waals surface area contributed by atoms with E-state index in [4.69, 9.17) is 0 Å². The molecule has 5 heteroatoms. The highest BCUT2D eigenvalue weighted by Gasteiger charge is 2.10. The topological polar surface area (TPSA) is 61.4 Å². The van der Waals surface area contributed by atoms with Crippen molar-refractivity contribution >= 4 is 17.8 Å². The largest absolute Gasteiger partial charge is 0.392 e. The maximum absolute atomic E-state index is 12.1. The van der Waals surface area contributed by atoms with Crippen LogP contribution in [0.15, 0.2) is 53.4 Å². The summed E-state index contributed by atoms with van der Waals surface area (Å²) in [6.07, 6.45) is 0.